The zero-order chi connectivity index (χ0) is 24.5. The topological polar surface area (TPSA) is 77.1 Å². The second-order valence-corrected chi connectivity index (χ2v) is 7.77. The molecule has 7 heteroatoms. The smallest absolute Gasteiger partial charge is 0.251 e. The van der Waals surface area contributed by atoms with Gasteiger partial charge in [-0.1, -0.05) is 48.5 Å². The summed E-state index contributed by atoms with van der Waals surface area (Å²) in [5.74, 6) is 0.974. The molecule has 178 valence electrons. The van der Waals surface area contributed by atoms with Crippen molar-refractivity contribution in [2.24, 2.45) is 0 Å². The minimum absolute atomic E-state index is 0.218. The number of ether oxygens (including phenoxy) is 3. The zero-order valence-electron chi connectivity index (χ0n) is 19.9. The van der Waals surface area contributed by atoms with Crippen molar-refractivity contribution in [2.75, 3.05) is 28.4 Å². The standard InChI is InChI=1S/C27H30N2O5/c1-29(18-21-15-16-23(32-2)25(34-4)24(21)33-3)27(31)22(17-19-11-7-5-8-12-19)28-26(30)20-13-9-6-10-14-20/h5-16,22H,17-18H2,1-4H3,(H,28,30)/t22-/m0/s1. The van der Waals surface area contributed by atoms with Crippen LogP contribution in [-0.2, 0) is 17.8 Å². The van der Waals surface area contributed by atoms with Crippen LogP contribution in [-0.4, -0.2) is 51.1 Å². The molecule has 0 aromatic heterocycles. The van der Waals surface area contributed by atoms with Gasteiger partial charge in [0.05, 0.1) is 21.3 Å². The SMILES string of the molecule is COc1ccc(CN(C)C(=O)[C@H](Cc2ccccc2)NC(=O)c2ccccc2)c(OC)c1OC. The maximum atomic E-state index is 13.5. The first-order valence-corrected chi connectivity index (χ1v) is 10.9. The van der Waals surface area contributed by atoms with Gasteiger partial charge in [-0.3, -0.25) is 9.59 Å². The molecule has 0 aliphatic carbocycles. The molecule has 3 rings (SSSR count). The molecule has 0 aliphatic rings. The van der Waals surface area contributed by atoms with Gasteiger partial charge in [0.15, 0.2) is 11.5 Å². The van der Waals surface area contributed by atoms with Crippen molar-refractivity contribution in [2.45, 2.75) is 19.0 Å². The van der Waals surface area contributed by atoms with Crippen molar-refractivity contribution in [3.63, 3.8) is 0 Å². The van der Waals surface area contributed by atoms with E-state index in [0.717, 1.165) is 11.1 Å². The molecule has 0 radical (unpaired) electrons. The Morgan fingerprint density at radius 2 is 1.44 bits per heavy atom. The van der Waals surface area contributed by atoms with E-state index in [1.807, 2.05) is 42.5 Å². The highest BCUT2D eigenvalue weighted by molar-refractivity contribution is 5.97. The second-order valence-electron chi connectivity index (χ2n) is 7.77. The summed E-state index contributed by atoms with van der Waals surface area (Å²) in [6, 6.07) is 21.3. The van der Waals surface area contributed by atoms with Crippen molar-refractivity contribution >= 4 is 11.8 Å². The fraction of sp³-hybridized carbons (Fsp3) is 0.259. The molecule has 1 atom stereocenters. The summed E-state index contributed by atoms with van der Waals surface area (Å²) in [4.78, 5) is 27.9. The van der Waals surface area contributed by atoms with Gasteiger partial charge >= 0.3 is 0 Å². The number of rotatable bonds is 10. The van der Waals surface area contributed by atoms with E-state index >= 15 is 0 Å². The molecule has 0 unspecified atom stereocenters. The molecule has 34 heavy (non-hydrogen) atoms. The highest BCUT2D eigenvalue weighted by Gasteiger charge is 2.26. The Bertz CT molecular complexity index is 1100. The molecule has 7 nitrogen and oxygen atoms in total. The minimum atomic E-state index is -0.744. The summed E-state index contributed by atoms with van der Waals surface area (Å²) < 4.78 is 16.4. The third-order valence-electron chi connectivity index (χ3n) is 5.49. The highest BCUT2D eigenvalue weighted by atomic mass is 16.5. The Kier molecular flexibility index (Phi) is 8.51. The van der Waals surface area contributed by atoms with E-state index in [4.69, 9.17) is 14.2 Å². The molecule has 0 aliphatic heterocycles. The Balaban J connectivity index is 1.84. The minimum Gasteiger partial charge on any atom is -0.493 e. The number of methoxy groups -OCH3 is 3. The third-order valence-corrected chi connectivity index (χ3v) is 5.49. The van der Waals surface area contributed by atoms with E-state index < -0.39 is 6.04 Å². The van der Waals surface area contributed by atoms with Gasteiger partial charge in [-0.15, -0.1) is 0 Å². The first-order valence-electron chi connectivity index (χ1n) is 10.9. The van der Waals surface area contributed by atoms with Gasteiger partial charge in [0.1, 0.15) is 6.04 Å². The lowest BCUT2D eigenvalue weighted by Crippen LogP contribution is -2.48. The third kappa shape index (κ3) is 5.86. The van der Waals surface area contributed by atoms with E-state index in [1.54, 1.807) is 56.5 Å². The average Bonchev–Trinajstić information content (AvgIpc) is 2.88. The monoisotopic (exact) mass is 462 g/mol. The molecule has 0 saturated carbocycles. The molecule has 3 aromatic rings. The maximum Gasteiger partial charge on any atom is 0.251 e. The summed E-state index contributed by atoms with van der Waals surface area (Å²) in [6.45, 7) is 0.259. The van der Waals surface area contributed by atoms with Crippen LogP contribution in [0.3, 0.4) is 0 Å². The van der Waals surface area contributed by atoms with E-state index in [0.29, 0.717) is 29.2 Å². The fourth-order valence-corrected chi connectivity index (χ4v) is 3.77. The summed E-state index contributed by atoms with van der Waals surface area (Å²) in [6.07, 6.45) is 0.367. The number of hydrogen-bond donors (Lipinski definition) is 1. The van der Waals surface area contributed by atoms with Crippen molar-refractivity contribution < 1.29 is 23.8 Å². The number of nitrogens with zero attached hydrogens (tertiary/aromatic N) is 1. The van der Waals surface area contributed by atoms with Crippen LogP contribution in [0.2, 0.25) is 0 Å². The maximum absolute atomic E-state index is 13.5. The van der Waals surface area contributed by atoms with E-state index in [-0.39, 0.29) is 18.4 Å². The molecular formula is C27H30N2O5. The van der Waals surface area contributed by atoms with Gasteiger partial charge < -0.3 is 24.4 Å². The van der Waals surface area contributed by atoms with Gasteiger partial charge in [0.2, 0.25) is 11.7 Å². The number of nitrogens with one attached hydrogen (secondary N) is 1. The van der Waals surface area contributed by atoms with Gasteiger partial charge in [-0.25, -0.2) is 0 Å². The Morgan fingerprint density at radius 3 is 2.03 bits per heavy atom. The largest absolute Gasteiger partial charge is 0.493 e. The molecule has 2 amide bonds. The quantitative estimate of drug-likeness (QED) is 0.497. The second kappa shape index (κ2) is 11.7. The van der Waals surface area contributed by atoms with Gasteiger partial charge in [0.25, 0.3) is 5.91 Å². The van der Waals surface area contributed by atoms with Crippen LogP contribution in [0.4, 0.5) is 0 Å². The number of amides is 2. The highest BCUT2D eigenvalue weighted by Crippen LogP contribution is 2.40. The predicted octanol–water partition coefficient (Wildman–Crippen LogP) is 3.71. The normalized spacial score (nSPS) is 11.3. The van der Waals surface area contributed by atoms with Crippen molar-refractivity contribution in [1.82, 2.24) is 10.2 Å². The fourth-order valence-electron chi connectivity index (χ4n) is 3.77. The molecule has 3 aromatic carbocycles. The zero-order valence-corrected chi connectivity index (χ0v) is 19.9. The summed E-state index contributed by atoms with van der Waals surface area (Å²) in [5.41, 5.74) is 2.20. The van der Waals surface area contributed by atoms with Crippen LogP contribution in [0.1, 0.15) is 21.5 Å². The van der Waals surface area contributed by atoms with Crippen LogP contribution >= 0.6 is 0 Å². The Hall–Kier alpha value is -4.00. The van der Waals surface area contributed by atoms with E-state index in [9.17, 15) is 9.59 Å². The summed E-state index contributed by atoms with van der Waals surface area (Å²) in [7, 11) is 6.33. The van der Waals surface area contributed by atoms with Gasteiger partial charge in [0, 0.05) is 31.1 Å². The Labute approximate surface area is 200 Å². The lowest BCUT2D eigenvalue weighted by molar-refractivity contribution is -0.132. The van der Waals surface area contributed by atoms with Crippen LogP contribution in [0.15, 0.2) is 72.8 Å². The van der Waals surface area contributed by atoms with Crippen LogP contribution < -0.4 is 19.5 Å². The molecular weight excluding hydrogens is 432 g/mol. The van der Waals surface area contributed by atoms with Crippen LogP contribution in [0, 0.1) is 0 Å². The number of carbonyl (C=O) groups excluding carboxylic acids is 2. The molecule has 0 fully saturated rings. The number of likely N-dealkylation sites (N-methyl/N-ethyl adjacent to an activating group) is 1. The van der Waals surface area contributed by atoms with Gasteiger partial charge in [-0.05, 0) is 29.8 Å². The first kappa shape index (κ1) is 24.6. The summed E-state index contributed by atoms with van der Waals surface area (Å²) >= 11 is 0. The van der Waals surface area contributed by atoms with Crippen LogP contribution in [0.5, 0.6) is 17.2 Å². The lowest BCUT2D eigenvalue weighted by atomic mass is 10.0. The first-order chi connectivity index (χ1) is 16.5. The number of hydrogen-bond acceptors (Lipinski definition) is 5. The number of carbonyl (C=O) groups is 2. The molecule has 0 heterocycles. The average molecular weight is 463 g/mol. The van der Waals surface area contributed by atoms with E-state index in [2.05, 4.69) is 5.32 Å². The Morgan fingerprint density at radius 1 is 0.824 bits per heavy atom. The van der Waals surface area contributed by atoms with E-state index in [1.165, 1.54) is 7.11 Å². The molecule has 0 bridgehead atoms. The lowest BCUT2D eigenvalue weighted by Gasteiger charge is -2.26. The number of benzene rings is 3. The van der Waals surface area contributed by atoms with Crippen molar-refractivity contribution in [3.8, 4) is 17.2 Å². The molecule has 0 spiro atoms. The van der Waals surface area contributed by atoms with Crippen LogP contribution in [0.25, 0.3) is 0 Å². The van der Waals surface area contributed by atoms with Crippen molar-refractivity contribution in [3.05, 3.63) is 89.5 Å². The summed E-state index contributed by atoms with van der Waals surface area (Å²) in [5, 5.41) is 2.91. The molecule has 1 N–H and O–H groups in total. The molecule has 0 saturated heterocycles. The van der Waals surface area contributed by atoms with Gasteiger partial charge in [-0.2, -0.15) is 0 Å². The predicted molar refractivity (Wildman–Crippen MR) is 130 cm³/mol. The van der Waals surface area contributed by atoms with Crippen molar-refractivity contribution in [1.29, 1.82) is 0 Å².